The van der Waals surface area contributed by atoms with E-state index in [1.807, 2.05) is 23.5 Å². The molecule has 0 amide bonds. The van der Waals surface area contributed by atoms with Crippen LogP contribution < -0.4 is 0 Å². The fourth-order valence-electron chi connectivity index (χ4n) is 9.59. The Morgan fingerprint density at radius 2 is 0.762 bits per heavy atom. The van der Waals surface area contributed by atoms with Gasteiger partial charge in [-0.15, -0.1) is 11.3 Å². The molecule has 5 heteroatoms. The number of aromatic nitrogens is 4. The highest BCUT2D eigenvalue weighted by Crippen LogP contribution is 2.43. The number of thiophene rings is 1. The fraction of sp³-hybridized carbons (Fsp3) is 0. The molecule has 63 heavy (non-hydrogen) atoms. The molecule has 0 saturated carbocycles. The van der Waals surface area contributed by atoms with E-state index < -0.39 is 0 Å². The van der Waals surface area contributed by atoms with E-state index in [2.05, 4.69) is 215 Å². The van der Waals surface area contributed by atoms with E-state index >= 15 is 0 Å². The van der Waals surface area contributed by atoms with Crippen LogP contribution in [0.5, 0.6) is 0 Å². The minimum absolute atomic E-state index is 0.686. The molecule has 0 saturated heterocycles. The zero-order valence-corrected chi connectivity index (χ0v) is 34.8. The van der Waals surface area contributed by atoms with E-state index in [1.54, 1.807) is 0 Å². The zero-order chi connectivity index (χ0) is 41.4. The summed E-state index contributed by atoms with van der Waals surface area (Å²) < 4.78 is 7.54. The average Bonchev–Trinajstić information content (AvgIpc) is 4.02. The number of nitrogens with zero attached hydrogens (tertiary/aromatic N) is 4. The molecule has 0 N–H and O–H groups in total. The Morgan fingerprint density at radius 1 is 0.302 bits per heavy atom. The van der Waals surface area contributed by atoms with Gasteiger partial charge in [-0.1, -0.05) is 152 Å². The first-order valence-electron chi connectivity index (χ1n) is 21.3. The standard InChI is InChI=1S/C58H36N4S/c1-3-13-37(14-4-1)38-23-25-40(26-24-38)51-36-50(39-15-5-2-6-16-39)59-58(60-51)41-27-29-42(30-28-41)61-52-20-10-7-17-44(52)47-32-33-48-45-18-8-11-21-53(45)62(57(48)56(47)61)43-31-34-55-49(35-43)46-19-9-12-22-54(46)63-55/h1-36H. The fourth-order valence-corrected chi connectivity index (χ4v) is 10.7. The highest BCUT2D eigenvalue weighted by atomic mass is 32.1. The van der Waals surface area contributed by atoms with Crippen molar-refractivity contribution in [2.75, 3.05) is 0 Å². The van der Waals surface area contributed by atoms with Crippen LogP contribution in [0, 0.1) is 0 Å². The summed E-state index contributed by atoms with van der Waals surface area (Å²) in [5.74, 6) is 0.686. The molecule has 294 valence electrons. The van der Waals surface area contributed by atoms with E-state index in [1.165, 1.54) is 69.4 Å². The molecular formula is C58H36N4S. The summed E-state index contributed by atoms with van der Waals surface area (Å²) in [5.41, 5.74) is 14.1. The predicted octanol–water partition coefficient (Wildman–Crippen LogP) is 15.7. The Hall–Kier alpha value is -8.12. The average molecular weight is 821 g/mol. The Balaban J connectivity index is 0.997. The van der Waals surface area contributed by atoms with Crippen molar-refractivity contribution in [3.8, 4) is 56.4 Å². The highest BCUT2D eigenvalue weighted by molar-refractivity contribution is 7.25. The summed E-state index contributed by atoms with van der Waals surface area (Å²) >= 11 is 1.86. The van der Waals surface area contributed by atoms with Crippen LogP contribution in [0.3, 0.4) is 0 Å². The van der Waals surface area contributed by atoms with Crippen LogP contribution in [0.2, 0.25) is 0 Å². The SMILES string of the molecule is c1ccc(-c2ccc(-c3cc(-c4ccccc4)nc(-c4ccc(-n5c6ccccc6c6ccc7c8ccccc8n(-c8ccc9sc%10ccccc%10c9c8)c7c65)cc4)n3)cc2)cc1. The van der Waals surface area contributed by atoms with Crippen LogP contribution in [0.4, 0.5) is 0 Å². The largest absolute Gasteiger partial charge is 0.307 e. The Morgan fingerprint density at radius 3 is 1.41 bits per heavy atom. The lowest BCUT2D eigenvalue weighted by Gasteiger charge is -2.14. The van der Waals surface area contributed by atoms with Crippen LogP contribution in [0.25, 0.3) is 120 Å². The lowest BCUT2D eigenvalue weighted by atomic mass is 10.0. The quantitative estimate of drug-likeness (QED) is 0.167. The lowest BCUT2D eigenvalue weighted by molar-refractivity contribution is 1.15. The van der Waals surface area contributed by atoms with Crippen molar-refractivity contribution >= 4 is 75.1 Å². The first kappa shape index (κ1) is 35.6. The normalized spacial score (nSPS) is 11.8. The number of rotatable bonds is 6. The second-order valence-corrected chi connectivity index (χ2v) is 17.2. The lowest BCUT2D eigenvalue weighted by Crippen LogP contribution is -1.99. The summed E-state index contributed by atoms with van der Waals surface area (Å²) in [6.07, 6.45) is 0. The molecule has 0 aliphatic rings. The smallest absolute Gasteiger partial charge is 0.160 e. The maximum absolute atomic E-state index is 5.22. The third-order valence-electron chi connectivity index (χ3n) is 12.6. The van der Waals surface area contributed by atoms with Gasteiger partial charge in [0.05, 0.1) is 33.5 Å². The first-order valence-corrected chi connectivity index (χ1v) is 22.1. The number of hydrogen-bond donors (Lipinski definition) is 0. The minimum atomic E-state index is 0.686. The second kappa shape index (κ2) is 14.2. The summed E-state index contributed by atoms with van der Waals surface area (Å²) in [4.78, 5) is 10.4. The molecule has 0 spiro atoms. The van der Waals surface area contributed by atoms with Crippen molar-refractivity contribution in [3.63, 3.8) is 0 Å². The van der Waals surface area contributed by atoms with Gasteiger partial charge in [0, 0.05) is 69.8 Å². The maximum atomic E-state index is 5.22. The van der Waals surface area contributed by atoms with E-state index in [-0.39, 0.29) is 0 Å². The molecule has 13 rings (SSSR count). The predicted molar refractivity (Wildman–Crippen MR) is 265 cm³/mol. The Bertz CT molecular complexity index is 3880. The molecule has 4 heterocycles. The van der Waals surface area contributed by atoms with Gasteiger partial charge in [-0.25, -0.2) is 9.97 Å². The van der Waals surface area contributed by atoms with Crippen molar-refractivity contribution in [1.82, 2.24) is 19.1 Å². The number of hydrogen-bond acceptors (Lipinski definition) is 3. The summed E-state index contributed by atoms with van der Waals surface area (Å²) in [6, 6.07) is 78.4. The second-order valence-electron chi connectivity index (χ2n) is 16.2. The number of benzene rings is 9. The number of fused-ring (bicyclic) bond motifs is 10. The van der Waals surface area contributed by atoms with Gasteiger partial charge in [-0.05, 0) is 77.9 Å². The van der Waals surface area contributed by atoms with Gasteiger partial charge in [0.25, 0.3) is 0 Å². The van der Waals surface area contributed by atoms with Crippen LogP contribution in [0.15, 0.2) is 218 Å². The van der Waals surface area contributed by atoms with Gasteiger partial charge in [0.2, 0.25) is 0 Å². The molecule has 0 unspecified atom stereocenters. The highest BCUT2D eigenvalue weighted by Gasteiger charge is 2.22. The van der Waals surface area contributed by atoms with Gasteiger partial charge in [0.1, 0.15) is 0 Å². The summed E-state index contributed by atoms with van der Waals surface area (Å²) in [7, 11) is 0. The van der Waals surface area contributed by atoms with Crippen molar-refractivity contribution < 1.29 is 0 Å². The van der Waals surface area contributed by atoms with Gasteiger partial charge >= 0.3 is 0 Å². The molecule has 4 nitrogen and oxygen atoms in total. The third kappa shape index (κ3) is 5.74. The van der Waals surface area contributed by atoms with Crippen LogP contribution in [-0.2, 0) is 0 Å². The topological polar surface area (TPSA) is 35.6 Å². The molecule has 0 aliphatic carbocycles. The molecule has 0 bridgehead atoms. The van der Waals surface area contributed by atoms with Crippen LogP contribution >= 0.6 is 11.3 Å². The van der Waals surface area contributed by atoms with Crippen molar-refractivity contribution in [2.24, 2.45) is 0 Å². The van der Waals surface area contributed by atoms with Crippen molar-refractivity contribution in [1.29, 1.82) is 0 Å². The van der Waals surface area contributed by atoms with E-state index in [9.17, 15) is 0 Å². The summed E-state index contributed by atoms with van der Waals surface area (Å²) in [5, 5.41) is 7.48. The van der Waals surface area contributed by atoms with Crippen LogP contribution in [0.1, 0.15) is 0 Å². The Labute approximate surface area is 367 Å². The zero-order valence-electron chi connectivity index (χ0n) is 34.0. The molecule has 13 aromatic rings. The molecule has 0 aliphatic heterocycles. The van der Waals surface area contributed by atoms with E-state index in [0.29, 0.717) is 5.82 Å². The third-order valence-corrected chi connectivity index (χ3v) is 13.7. The van der Waals surface area contributed by atoms with Gasteiger partial charge in [-0.2, -0.15) is 0 Å². The molecule has 0 radical (unpaired) electrons. The molecule has 9 aromatic carbocycles. The van der Waals surface area contributed by atoms with Crippen molar-refractivity contribution in [2.45, 2.75) is 0 Å². The monoisotopic (exact) mass is 820 g/mol. The molecule has 0 atom stereocenters. The molecule has 4 aromatic heterocycles. The van der Waals surface area contributed by atoms with Gasteiger partial charge in [0.15, 0.2) is 5.82 Å². The Kier molecular flexibility index (Phi) is 8.05. The molecule has 0 fully saturated rings. The van der Waals surface area contributed by atoms with E-state index in [0.717, 1.165) is 45.0 Å². The minimum Gasteiger partial charge on any atom is -0.307 e. The van der Waals surface area contributed by atoms with Gasteiger partial charge < -0.3 is 9.13 Å². The van der Waals surface area contributed by atoms with Crippen LogP contribution in [-0.4, -0.2) is 19.1 Å². The molecular weight excluding hydrogens is 785 g/mol. The summed E-state index contributed by atoms with van der Waals surface area (Å²) in [6.45, 7) is 0. The van der Waals surface area contributed by atoms with Gasteiger partial charge in [-0.3, -0.25) is 0 Å². The van der Waals surface area contributed by atoms with Crippen molar-refractivity contribution in [3.05, 3.63) is 218 Å². The first-order chi connectivity index (χ1) is 31.2. The number of para-hydroxylation sites is 2. The van der Waals surface area contributed by atoms with E-state index in [4.69, 9.17) is 9.97 Å². The maximum Gasteiger partial charge on any atom is 0.160 e.